The van der Waals surface area contributed by atoms with Crippen molar-refractivity contribution in [3.63, 3.8) is 0 Å². The van der Waals surface area contributed by atoms with E-state index in [9.17, 15) is 43.2 Å². The largest absolute Gasteiger partial charge is 0.472 e. The molecule has 0 aliphatic rings. The summed E-state index contributed by atoms with van der Waals surface area (Å²) in [4.78, 5) is 72.6. The molecule has 0 heterocycles. The minimum Gasteiger partial charge on any atom is -0.462 e. The average Bonchev–Trinajstić information content (AvgIpc) is 3.63. The van der Waals surface area contributed by atoms with Gasteiger partial charge < -0.3 is 33.8 Å². The average molecular weight is 1340 g/mol. The van der Waals surface area contributed by atoms with Crippen molar-refractivity contribution in [2.75, 3.05) is 39.6 Å². The highest BCUT2D eigenvalue weighted by Crippen LogP contribution is 2.45. The van der Waals surface area contributed by atoms with Crippen LogP contribution in [0.25, 0.3) is 0 Å². The summed E-state index contributed by atoms with van der Waals surface area (Å²) in [5.74, 6) is 0.873. The summed E-state index contributed by atoms with van der Waals surface area (Å²) in [5, 5.41) is 10.6. The Kier molecular flexibility index (Phi) is 60.3. The first-order valence-corrected chi connectivity index (χ1v) is 40.2. The minimum atomic E-state index is -4.95. The minimum absolute atomic E-state index is 0.104. The number of phosphoric ester groups is 2. The Morgan fingerprint density at radius 1 is 0.275 bits per heavy atom. The number of hydrogen-bond donors (Lipinski definition) is 3. The van der Waals surface area contributed by atoms with Crippen LogP contribution in [0.2, 0.25) is 0 Å². The van der Waals surface area contributed by atoms with E-state index < -0.39 is 97.5 Å². The number of aliphatic hydroxyl groups excluding tert-OH is 1. The summed E-state index contributed by atoms with van der Waals surface area (Å²) < 4.78 is 68.4. The maximum absolute atomic E-state index is 13.0. The van der Waals surface area contributed by atoms with Crippen molar-refractivity contribution < 1.29 is 80.2 Å². The van der Waals surface area contributed by atoms with Crippen LogP contribution in [0.1, 0.15) is 357 Å². The Hall–Kier alpha value is -1.94. The third-order valence-corrected chi connectivity index (χ3v) is 18.5. The monoisotopic (exact) mass is 1340 g/mol. The van der Waals surface area contributed by atoms with Gasteiger partial charge in [-0.05, 0) is 49.4 Å². The lowest BCUT2D eigenvalue weighted by Gasteiger charge is -2.21. The van der Waals surface area contributed by atoms with Crippen LogP contribution in [0.4, 0.5) is 0 Å². The quantitative estimate of drug-likeness (QED) is 0.0222. The van der Waals surface area contributed by atoms with Gasteiger partial charge in [0.05, 0.1) is 26.4 Å². The first-order valence-electron chi connectivity index (χ1n) is 37.2. The van der Waals surface area contributed by atoms with Crippen LogP contribution in [-0.4, -0.2) is 96.7 Å². The van der Waals surface area contributed by atoms with Gasteiger partial charge in [0.25, 0.3) is 0 Å². The molecule has 0 saturated carbocycles. The highest BCUT2D eigenvalue weighted by atomic mass is 31.2. The molecule has 0 radical (unpaired) electrons. The van der Waals surface area contributed by atoms with Crippen molar-refractivity contribution in [2.24, 2.45) is 23.7 Å². The van der Waals surface area contributed by atoms with Gasteiger partial charge in [0, 0.05) is 25.7 Å². The van der Waals surface area contributed by atoms with E-state index in [0.717, 1.165) is 114 Å². The van der Waals surface area contributed by atoms with E-state index in [1.54, 1.807) is 0 Å². The molecule has 540 valence electrons. The number of carbonyl (C=O) groups is 4. The maximum Gasteiger partial charge on any atom is 0.472 e. The fraction of sp³-hybridized carbons (Fsp3) is 0.944. The van der Waals surface area contributed by atoms with Gasteiger partial charge in [0.15, 0.2) is 12.2 Å². The Balaban J connectivity index is 5.27. The number of carbonyl (C=O) groups excluding carboxylic acids is 4. The Morgan fingerprint density at radius 3 is 0.681 bits per heavy atom. The van der Waals surface area contributed by atoms with E-state index >= 15 is 0 Å². The number of rotatable bonds is 69. The molecule has 3 N–H and O–H groups in total. The van der Waals surface area contributed by atoms with Gasteiger partial charge in [-0.25, -0.2) is 9.13 Å². The van der Waals surface area contributed by atoms with Crippen LogP contribution < -0.4 is 0 Å². The van der Waals surface area contributed by atoms with E-state index in [0.29, 0.717) is 25.7 Å². The maximum atomic E-state index is 13.0. The summed E-state index contributed by atoms with van der Waals surface area (Å²) in [6, 6.07) is 0. The molecule has 0 aromatic carbocycles. The first-order chi connectivity index (χ1) is 43.6. The normalized spacial score (nSPS) is 14.2. The SMILES string of the molecule is CC(C)CCCCCCCCCCCCCC(=O)OC[C@H](COP(=O)(O)OCC(O)COP(=O)(O)OC[C@@H](COC(=O)CCCCCCCCCCC(C)C)OC(=O)CCCCCCCCCCCC(C)C)OC(=O)CCCCCCCCCCCCCC(C)C. The smallest absolute Gasteiger partial charge is 0.462 e. The van der Waals surface area contributed by atoms with Crippen LogP contribution in [0.3, 0.4) is 0 Å². The van der Waals surface area contributed by atoms with Gasteiger partial charge in [0.2, 0.25) is 0 Å². The summed E-state index contributed by atoms with van der Waals surface area (Å²) in [6.07, 6.45) is 44.4. The van der Waals surface area contributed by atoms with Crippen molar-refractivity contribution in [3.8, 4) is 0 Å². The van der Waals surface area contributed by atoms with Gasteiger partial charge in [-0.3, -0.25) is 37.3 Å². The molecule has 0 bridgehead atoms. The van der Waals surface area contributed by atoms with Crippen LogP contribution in [-0.2, 0) is 65.4 Å². The van der Waals surface area contributed by atoms with Gasteiger partial charge >= 0.3 is 39.5 Å². The molecule has 0 saturated heterocycles. The lowest BCUT2D eigenvalue weighted by molar-refractivity contribution is -0.161. The molecular weight excluding hydrogens is 1200 g/mol. The molecule has 0 aliphatic carbocycles. The van der Waals surface area contributed by atoms with Crippen molar-refractivity contribution in [3.05, 3.63) is 0 Å². The van der Waals surface area contributed by atoms with Crippen molar-refractivity contribution in [2.45, 2.75) is 375 Å². The van der Waals surface area contributed by atoms with E-state index in [4.69, 9.17) is 37.0 Å². The molecule has 3 unspecified atom stereocenters. The van der Waals surface area contributed by atoms with Crippen LogP contribution in [0, 0.1) is 23.7 Å². The second-order valence-electron chi connectivity index (χ2n) is 27.9. The molecule has 19 heteroatoms. The zero-order chi connectivity index (χ0) is 67.5. The predicted molar refractivity (Wildman–Crippen MR) is 367 cm³/mol. The van der Waals surface area contributed by atoms with Gasteiger partial charge in [0.1, 0.15) is 19.3 Å². The zero-order valence-corrected chi connectivity index (χ0v) is 61.3. The molecule has 0 amide bonds. The third-order valence-electron chi connectivity index (χ3n) is 16.6. The number of unbranched alkanes of at least 4 members (excludes halogenated alkanes) is 35. The zero-order valence-electron chi connectivity index (χ0n) is 59.5. The second-order valence-corrected chi connectivity index (χ2v) is 30.8. The summed E-state index contributed by atoms with van der Waals surface area (Å²) in [7, 11) is -9.91. The molecule has 0 aromatic heterocycles. The van der Waals surface area contributed by atoms with Crippen molar-refractivity contribution >= 4 is 39.5 Å². The van der Waals surface area contributed by atoms with Crippen LogP contribution in [0.15, 0.2) is 0 Å². The van der Waals surface area contributed by atoms with Gasteiger partial charge in [-0.1, -0.05) is 306 Å². The molecule has 0 aromatic rings. The summed E-state index contributed by atoms with van der Waals surface area (Å²) >= 11 is 0. The third kappa shape index (κ3) is 66.5. The fourth-order valence-corrected chi connectivity index (χ4v) is 12.4. The fourth-order valence-electron chi connectivity index (χ4n) is 10.8. The van der Waals surface area contributed by atoms with Crippen molar-refractivity contribution in [1.29, 1.82) is 0 Å². The number of esters is 4. The second kappa shape index (κ2) is 61.6. The molecule has 5 atom stereocenters. The van der Waals surface area contributed by atoms with Crippen LogP contribution in [0.5, 0.6) is 0 Å². The predicted octanol–water partition coefficient (Wildman–Crippen LogP) is 20.5. The van der Waals surface area contributed by atoms with E-state index in [2.05, 4.69) is 55.4 Å². The summed E-state index contributed by atoms with van der Waals surface area (Å²) in [5.41, 5.74) is 0. The van der Waals surface area contributed by atoms with Crippen molar-refractivity contribution in [1.82, 2.24) is 0 Å². The number of phosphoric acid groups is 2. The van der Waals surface area contributed by atoms with Crippen LogP contribution >= 0.6 is 15.6 Å². The number of aliphatic hydroxyl groups is 1. The van der Waals surface area contributed by atoms with Gasteiger partial charge in [-0.15, -0.1) is 0 Å². The Labute approximate surface area is 556 Å². The molecular formula is C72H140O17P2. The lowest BCUT2D eigenvalue weighted by Crippen LogP contribution is -2.30. The first kappa shape index (κ1) is 89.1. The van der Waals surface area contributed by atoms with E-state index in [1.807, 2.05) is 0 Å². The molecule has 0 spiro atoms. The van der Waals surface area contributed by atoms with E-state index in [1.165, 1.54) is 161 Å². The molecule has 17 nitrogen and oxygen atoms in total. The topological polar surface area (TPSA) is 237 Å². The molecule has 0 rings (SSSR count). The Morgan fingerprint density at radius 2 is 0.462 bits per heavy atom. The molecule has 0 aliphatic heterocycles. The summed E-state index contributed by atoms with van der Waals surface area (Å²) in [6.45, 7) is 14.1. The number of ether oxygens (including phenoxy) is 4. The molecule has 91 heavy (non-hydrogen) atoms. The molecule has 0 fully saturated rings. The number of hydrogen-bond acceptors (Lipinski definition) is 15. The standard InChI is InChI=1S/C72H140O17P2/c1-62(2)48-40-32-24-16-11-9-13-19-28-36-44-52-69(74)82-58-67(88-71(76)54-46-38-30-20-14-10-12-17-25-33-41-49-63(3)4)60-86-90(78,79)84-56-66(73)57-85-91(80,81)87-61-68(59-83-70(75)53-45-37-29-23-22-27-35-43-51-65(7)8)89-72(77)55-47-39-31-21-15-18-26-34-42-50-64(5)6/h62-68,73H,9-61H2,1-8H3,(H,78,79)(H,80,81)/t66?,67-,68-/m1/s1. The van der Waals surface area contributed by atoms with E-state index in [-0.39, 0.29) is 25.7 Å². The highest BCUT2D eigenvalue weighted by molar-refractivity contribution is 7.47. The highest BCUT2D eigenvalue weighted by Gasteiger charge is 2.30. The Bertz CT molecular complexity index is 1800. The van der Waals surface area contributed by atoms with Gasteiger partial charge in [-0.2, -0.15) is 0 Å². The lowest BCUT2D eigenvalue weighted by atomic mass is 10.0.